The van der Waals surface area contributed by atoms with Gasteiger partial charge in [-0.15, -0.1) is 11.6 Å². The Morgan fingerprint density at radius 3 is 2.52 bits per heavy atom. The van der Waals surface area contributed by atoms with Gasteiger partial charge in [0, 0.05) is 12.6 Å². The van der Waals surface area contributed by atoms with Crippen molar-refractivity contribution in [2.45, 2.75) is 26.3 Å². The fraction of sp³-hybridized carbons (Fsp3) is 0.273. The molecule has 2 heterocycles. The highest BCUT2D eigenvalue weighted by Gasteiger charge is 2.26. The highest BCUT2D eigenvalue weighted by Crippen LogP contribution is 2.36. The quantitative estimate of drug-likeness (QED) is 0.465. The van der Waals surface area contributed by atoms with E-state index in [0.717, 1.165) is 27.4 Å². The van der Waals surface area contributed by atoms with Gasteiger partial charge in [-0.25, -0.2) is 14.6 Å². The maximum atomic E-state index is 12.3. The molecule has 0 bridgehead atoms. The number of hydrogen-bond donors (Lipinski definition) is 0. The molecular weight excluding hydrogens is 386 g/mol. The Hall–Kier alpha value is -2.99. The number of carbonyl (C=O) groups is 1. The summed E-state index contributed by atoms with van der Waals surface area (Å²) in [4.78, 5) is 22.7. The Labute approximate surface area is 174 Å². The molecule has 0 fully saturated rings. The smallest absolute Gasteiger partial charge is 0.242 e. The number of anilines is 1. The molecule has 2 aromatic carbocycles. The Bertz CT molecular complexity index is 1230. The first-order valence-electron chi connectivity index (χ1n) is 9.37. The van der Waals surface area contributed by atoms with Gasteiger partial charge in [-0.2, -0.15) is 5.10 Å². The Morgan fingerprint density at radius 1 is 1.10 bits per heavy atom. The molecule has 0 saturated heterocycles. The van der Waals surface area contributed by atoms with E-state index >= 15 is 0 Å². The molecule has 6 nitrogen and oxygen atoms in total. The number of carbonyl (C=O) groups excluding carboxylic acids is 1. The molecular formula is C22H22ClN5O. The van der Waals surface area contributed by atoms with E-state index < -0.39 is 0 Å². The molecule has 148 valence electrons. The van der Waals surface area contributed by atoms with Gasteiger partial charge >= 0.3 is 0 Å². The number of hydrogen-bond acceptors (Lipinski definition) is 4. The van der Waals surface area contributed by atoms with E-state index in [1.165, 1.54) is 11.2 Å². The van der Waals surface area contributed by atoms with Gasteiger partial charge in [0.15, 0.2) is 5.65 Å². The lowest BCUT2D eigenvalue weighted by molar-refractivity contribution is -0.116. The summed E-state index contributed by atoms with van der Waals surface area (Å²) in [6, 6.07) is 14.4. The van der Waals surface area contributed by atoms with Crippen LogP contribution in [-0.2, 0) is 10.3 Å². The summed E-state index contributed by atoms with van der Waals surface area (Å²) in [6.45, 7) is 6.21. The van der Waals surface area contributed by atoms with Crippen molar-refractivity contribution in [1.82, 2.24) is 19.7 Å². The minimum Gasteiger partial charge on any atom is -0.298 e. The molecule has 4 rings (SSSR count). The van der Waals surface area contributed by atoms with Crippen molar-refractivity contribution < 1.29 is 4.79 Å². The molecule has 0 N–H and O–H groups in total. The zero-order valence-corrected chi connectivity index (χ0v) is 17.6. The maximum Gasteiger partial charge on any atom is 0.242 e. The molecule has 0 atom stereocenters. The van der Waals surface area contributed by atoms with Crippen LogP contribution in [0.15, 0.2) is 48.8 Å². The van der Waals surface area contributed by atoms with Gasteiger partial charge in [0.2, 0.25) is 5.91 Å². The van der Waals surface area contributed by atoms with Crippen LogP contribution in [0.5, 0.6) is 0 Å². The third-order valence-electron chi connectivity index (χ3n) is 4.91. The van der Waals surface area contributed by atoms with E-state index in [9.17, 15) is 4.79 Å². The van der Waals surface area contributed by atoms with Crippen LogP contribution in [-0.4, -0.2) is 38.6 Å². The second-order valence-electron chi connectivity index (χ2n) is 7.98. The summed E-state index contributed by atoms with van der Waals surface area (Å²) in [6.07, 6.45) is 1.46. The van der Waals surface area contributed by atoms with Crippen molar-refractivity contribution in [3.8, 4) is 11.3 Å². The zero-order chi connectivity index (χ0) is 20.8. The summed E-state index contributed by atoms with van der Waals surface area (Å²) in [5, 5.41) is 7.92. The largest absolute Gasteiger partial charge is 0.298 e. The average Bonchev–Trinajstić information content (AvgIpc) is 3.12. The highest BCUT2D eigenvalue weighted by atomic mass is 35.5. The van der Waals surface area contributed by atoms with Gasteiger partial charge in [0.05, 0.1) is 10.9 Å². The molecule has 0 aliphatic heterocycles. The van der Waals surface area contributed by atoms with Crippen LogP contribution in [0.3, 0.4) is 0 Å². The van der Waals surface area contributed by atoms with Crippen molar-refractivity contribution in [2.75, 3.05) is 17.8 Å². The predicted octanol–water partition coefficient (Wildman–Crippen LogP) is 4.60. The number of halogens is 1. The second kappa shape index (κ2) is 7.12. The summed E-state index contributed by atoms with van der Waals surface area (Å²) in [5.74, 6) is 0.139. The van der Waals surface area contributed by atoms with Gasteiger partial charge in [-0.05, 0) is 37.6 Å². The van der Waals surface area contributed by atoms with Gasteiger partial charge in [-0.3, -0.25) is 9.69 Å². The third-order valence-corrected chi connectivity index (χ3v) is 5.14. The van der Waals surface area contributed by atoms with Crippen LogP contribution in [0.2, 0.25) is 0 Å². The standard InChI is InChI=1S/C22H22ClN5O/c1-22(2,3)28-21-18(20(24-13-25-21)27(4)17(29)12-23)19(26-28)16-10-9-14-7-5-6-8-15(14)11-16/h5-11,13H,12H2,1-4H3. The third kappa shape index (κ3) is 3.34. The van der Waals surface area contributed by atoms with E-state index in [1.807, 2.05) is 22.9 Å². The van der Waals surface area contributed by atoms with Crippen LogP contribution in [0.1, 0.15) is 20.8 Å². The van der Waals surface area contributed by atoms with Crippen molar-refractivity contribution in [2.24, 2.45) is 0 Å². The topological polar surface area (TPSA) is 63.9 Å². The molecule has 7 heteroatoms. The monoisotopic (exact) mass is 407 g/mol. The zero-order valence-electron chi connectivity index (χ0n) is 16.8. The van der Waals surface area contributed by atoms with Gasteiger partial charge in [0.1, 0.15) is 23.7 Å². The van der Waals surface area contributed by atoms with E-state index in [0.29, 0.717) is 11.5 Å². The molecule has 0 spiro atoms. The molecule has 2 aromatic heterocycles. The van der Waals surface area contributed by atoms with Gasteiger partial charge in [0.25, 0.3) is 0 Å². The molecule has 0 saturated carbocycles. The molecule has 4 aromatic rings. The van der Waals surface area contributed by atoms with Crippen LogP contribution < -0.4 is 4.90 Å². The van der Waals surface area contributed by atoms with Crippen LogP contribution >= 0.6 is 11.6 Å². The SMILES string of the molecule is CN(C(=O)CCl)c1ncnc2c1c(-c1ccc3ccccc3c1)nn2C(C)(C)C. The van der Waals surface area contributed by atoms with E-state index in [-0.39, 0.29) is 17.3 Å². The second-order valence-corrected chi connectivity index (χ2v) is 8.24. The number of rotatable bonds is 3. The van der Waals surface area contributed by atoms with Crippen molar-refractivity contribution >= 4 is 45.1 Å². The summed E-state index contributed by atoms with van der Waals surface area (Å²) in [5.41, 5.74) is 2.07. The molecule has 0 unspecified atom stereocenters. The maximum absolute atomic E-state index is 12.3. The van der Waals surface area contributed by atoms with Crippen molar-refractivity contribution in [3.63, 3.8) is 0 Å². The van der Waals surface area contributed by atoms with Crippen LogP contribution in [0.4, 0.5) is 5.82 Å². The van der Waals surface area contributed by atoms with E-state index in [2.05, 4.69) is 55.0 Å². The Balaban J connectivity index is 2.05. The number of fused-ring (bicyclic) bond motifs is 2. The average molecular weight is 408 g/mol. The summed E-state index contributed by atoms with van der Waals surface area (Å²) >= 11 is 5.79. The molecule has 1 amide bonds. The summed E-state index contributed by atoms with van der Waals surface area (Å²) < 4.78 is 1.89. The summed E-state index contributed by atoms with van der Waals surface area (Å²) in [7, 11) is 1.67. The number of alkyl halides is 1. The van der Waals surface area contributed by atoms with Crippen molar-refractivity contribution in [1.29, 1.82) is 0 Å². The number of aromatic nitrogens is 4. The fourth-order valence-corrected chi connectivity index (χ4v) is 3.58. The lowest BCUT2D eigenvalue weighted by atomic mass is 10.0. The normalized spacial score (nSPS) is 11.9. The van der Waals surface area contributed by atoms with Gasteiger partial charge < -0.3 is 0 Å². The number of amides is 1. The molecule has 0 radical (unpaired) electrons. The first kappa shape index (κ1) is 19.3. The number of nitrogens with zero attached hydrogens (tertiary/aromatic N) is 5. The fourth-order valence-electron chi connectivity index (χ4n) is 3.41. The molecule has 0 aliphatic rings. The predicted molar refractivity (Wildman–Crippen MR) is 117 cm³/mol. The Kier molecular flexibility index (Phi) is 4.74. The van der Waals surface area contributed by atoms with Gasteiger partial charge in [-0.1, -0.05) is 36.4 Å². The number of benzene rings is 2. The lowest BCUT2D eigenvalue weighted by Gasteiger charge is -2.20. The van der Waals surface area contributed by atoms with E-state index in [1.54, 1.807) is 7.05 Å². The molecule has 29 heavy (non-hydrogen) atoms. The van der Waals surface area contributed by atoms with Crippen LogP contribution in [0, 0.1) is 0 Å². The highest BCUT2D eigenvalue weighted by molar-refractivity contribution is 6.29. The minimum atomic E-state index is -0.298. The first-order valence-corrected chi connectivity index (χ1v) is 9.90. The van der Waals surface area contributed by atoms with E-state index in [4.69, 9.17) is 16.7 Å². The minimum absolute atomic E-state index is 0.124. The van der Waals surface area contributed by atoms with Crippen molar-refractivity contribution in [3.05, 3.63) is 48.8 Å². The lowest BCUT2D eigenvalue weighted by Crippen LogP contribution is -2.28. The first-order chi connectivity index (χ1) is 13.8. The molecule has 0 aliphatic carbocycles. The van der Waals surface area contributed by atoms with Crippen LogP contribution in [0.25, 0.3) is 33.1 Å². The Morgan fingerprint density at radius 2 is 1.83 bits per heavy atom.